The van der Waals surface area contributed by atoms with Crippen molar-refractivity contribution in [3.8, 4) is 5.75 Å². The number of carbonyl (C=O) groups is 2. The van der Waals surface area contributed by atoms with Gasteiger partial charge < -0.3 is 15.4 Å². The summed E-state index contributed by atoms with van der Waals surface area (Å²) >= 11 is 0. The van der Waals surface area contributed by atoms with Crippen LogP contribution >= 0.6 is 0 Å². The number of benzene rings is 2. The van der Waals surface area contributed by atoms with Crippen molar-refractivity contribution in [1.82, 2.24) is 0 Å². The van der Waals surface area contributed by atoms with Gasteiger partial charge in [0.15, 0.2) is 0 Å². The van der Waals surface area contributed by atoms with E-state index in [1.54, 1.807) is 0 Å². The Morgan fingerprint density at radius 1 is 0.970 bits per heavy atom. The lowest BCUT2D eigenvalue weighted by molar-refractivity contribution is -0.124. The molecule has 0 bridgehead atoms. The van der Waals surface area contributed by atoms with Crippen molar-refractivity contribution < 1.29 is 14.3 Å². The van der Waals surface area contributed by atoms with Crippen LogP contribution in [-0.4, -0.2) is 18.4 Å². The summed E-state index contributed by atoms with van der Waals surface area (Å²) in [6, 6.07) is 13.6. The van der Waals surface area contributed by atoms with Gasteiger partial charge in [0.2, 0.25) is 11.8 Å². The quantitative estimate of drug-likeness (QED) is 0.421. The van der Waals surface area contributed by atoms with Gasteiger partial charge in [-0.05, 0) is 74.9 Å². The molecule has 1 saturated carbocycles. The Morgan fingerprint density at radius 2 is 1.67 bits per heavy atom. The fraction of sp³-hybridized carbons (Fsp3) is 0.500. The third kappa shape index (κ3) is 7.34. The number of amides is 2. The van der Waals surface area contributed by atoms with E-state index in [-0.39, 0.29) is 17.7 Å². The van der Waals surface area contributed by atoms with Gasteiger partial charge in [-0.25, -0.2) is 0 Å². The van der Waals surface area contributed by atoms with Crippen LogP contribution in [0.25, 0.3) is 0 Å². The monoisotopic (exact) mass is 450 g/mol. The Hall–Kier alpha value is -2.82. The maximum absolute atomic E-state index is 12.9. The van der Waals surface area contributed by atoms with Crippen LogP contribution in [-0.2, 0) is 9.59 Å². The van der Waals surface area contributed by atoms with Gasteiger partial charge in [0.05, 0.1) is 6.61 Å². The van der Waals surface area contributed by atoms with Crippen LogP contribution in [0.15, 0.2) is 42.5 Å². The van der Waals surface area contributed by atoms with Gasteiger partial charge in [0, 0.05) is 22.7 Å². The molecule has 0 unspecified atom stereocenters. The molecule has 0 radical (unpaired) electrons. The van der Waals surface area contributed by atoms with Crippen LogP contribution < -0.4 is 15.4 Å². The third-order valence-electron chi connectivity index (χ3n) is 6.53. The van der Waals surface area contributed by atoms with Crippen molar-refractivity contribution in [2.75, 3.05) is 17.2 Å². The molecule has 178 valence electrons. The first-order chi connectivity index (χ1) is 15.7. The third-order valence-corrected chi connectivity index (χ3v) is 6.53. The predicted molar refractivity (Wildman–Crippen MR) is 135 cm³/mol. The summed E-state index contributed by atoms with van der Waals surface area (Å²) in [7, 11) is 0. The summed E-state index contributed by atoms with van der Waals surface area (Å²) in [6.07, 6.45) is 6.89. The van der Waals surface area contributed by atoms with Crippen LogP contribution in [0.2, 0.25) is 0 Å². The molecule has 5 nitrogen and oxygen atoms in total. The number of hydrogen-bond acceptors (Lipinski definition) is 3. The molecule has 5 heteroatoms. The first kappa shape index (κ1) is 24.8. The number of ether oxygens (including phenoxy) is 1. The fourth-order valence-corrected chi connectivity index (χ4v) is 4.26. The fourth-order valence-electron chi connectivity index (χ4n) is 4.26. The van der Waals surface area contributed by atoms with E-state index in [1.165, 1.54) is 12.0 Å². The molecule has 1 fully saturated rings. The van der Waals surface area contributed by atoms with E-state index in [1.807, 2.05) is 51.1 Å². The van der Waals surface area contributed by atoms with Gasteiger partial charge >= 0.3 is 0 Å². The van der Waals surface area contributed by atoms with E-state index >= 15 is 0 Å². The van der Waals surface area contributed by atoms with Crippen molar-refractivity contribution in [2.24, 2.45) is 11.3 Å². The molecule has 3 rings (SSSR count). The standard InChI is InChI=1S/C28H38N2O3/c1-20-14-15-21(2)25(18-20)33-17-9-16-28(3,4)27(32)30-24-13-8-12-23(19-24)29-26(31)22-10-6-5-7-11-22/h8,12-15,18-19,22H,5-7,9-11,16-17H2,1-4H3,(H,29,31)(H,30,32). The summed E-state index contributed by atoms with van der Waals surface area (Å²) in [5.41, 5.74) is 3.18. The van der Waals surface area contributed by atoms with E-state index in [2.05, 4.69) is 29.7 Å². The van der Waals surface area contributed by atoms with E-state index in [9.17, 15) is 9.59 Å². The topological polar surface area (TPSA) is 67.4 Å². The zero-order chi connectivity index (χ0) is 23.8. The summed E-state index contributed by atoms with van der Waals surface area (Å²) < 4.78 is 5.94. The lowest BCUT2D eigenvalue weighted by atomic mass is 9.87. The zero-order valence-corrected chi connectivity index (χ0v) is 20.5. The van der Waals surface area contributed by atoms with Crippen molar-refractivity contribution in [1.29, 1.82) is 0 Å². The largest absolute Gasteiger partial charge is 0.493 e. The first-order valence-corrected chi connectivity index (χ1v) is 12.2. The van der Waals surface area contributed by atoms with Gasteiger partial charge in [0.1, 0.15) is 5.75 Å². The molecule has 1 aliphatic rings. The minimum absolute atomic E-state index is 0.0370. The molecule has 2 aromatic carbocycles. The molecule has 0 atom stereocenters. The van der Waals surface area contributed by atoms with Gasteiger partial charge in [0.25, 0.3) is 0 Å². The molecular formula is C28H38N2O3. The van der Waals surface area contributed by atoms with Crippen molar-refractivity contribution in [3.63, 3.8) is 0 Å². The Labute approximate surface area is 198 Å². The van der Waals surface area contributed by atoms with Gasteiger partial charge in [-0.1, -0.05) is 51.3 Å². The molecule has 33 heavy (non-hydrogen) atoms. The first-order valence-electron chi connectivity index (χ1n) is 12.2. The van der Waals surface area contributed by atoms with E-state index in [4.69, 9.17) is 4.74 Å². The number of anilines is 2. The number of nitrogens with one attached hydrogen (secondary N) is 2. The second-order valence-corrected chi connectivity index (χ2v) is 9.96. The van der Waals surface area contributed by atoms with Crippen molar-refractivity contribution in [3.05, 3.63) is 53.6 Å². The molecule has 2 aromatic rings. The highest BCUT2D eigenvalue weighted by atomic mass is 16.5. The second-order valence-electron chi connectivity index (χ2n) is 9.96. The molecule has 0 saturated heterocycles. The normalized spacial score (nSPS) is 14.5. The molecule has 0 heterocycles. The average Bonchev–Trinajstić information content (AvgIpc) is 2.79. The molecule has 2 amide bonds. The van der Waals surface area contributed by atoms with Crippen molar-refractivity contribution >= 4 is 23.2 Å². The van der Waals surface area contributed by atoms with Gasteiger partial charge in [-0.2, -0.15) is 0 Å². The summed E-state index contributed by atoms with van der Waals surface area (Å²) in [5.74, 6) is 1.05. The molecule has 0 aliphatic heterocycles. The Morgan fingerprint density at radius 3 is 2.39 bits per heavy atom. The highest BCUT2D eigenvalue weighted by molar-refractivity contribution is 5.96. The van der Waals surface area contributed by atoms with E-state index in [0.717, 1.165) is 49.1 Å². The minimum atomic E-state index is -0.535. The van der Waals surface area contributed by atoms with Crippen LogP contribution in [0.1, 0.15) is 69.9 Å². The summed E-state index contributed by atoms with van der Waals surface area (Å²) in [6.45, 7) is 8.57. The SMILES string of the molecule is Cc1ccc(C)c(OCCCC(C)(C)C(=O)Nc2cccc(NC(=O)C3CCCCC3)c2)c1. The number of aryl methyl sites for hydroxylation is 2. The Bertz CT molecular complexity index is 961. The number of rotatable bonds is 9. The van der Waals surface area contributed by atoms with E-state index < -0.39 is 5.41 Å². The maximum Gasteiger partial charge on any atom is 0.230 e. The predicted octanol–water partition coefficient (Wildman–Crippen LogP) is 6.65. The van der Waals surface area contributed by atoms with Crippen molar-refractivity contribution in [2.45, 2.75) is 72.6 Å². The lowest BCUT2D eigenvalue weighted by Crippen LogP contribution is -2.31. The number of hydrogen-bond donors (Lipinski definition) is 2. The highest BCUT2D eigenvalue weighted by Gasteiger charge is 2.27. The Kier molecular flexibility index (Phi) is 8.54. The molecular weight excluding hydrogens is 412 g/mol. The lowest BCUT2D eigenvalue weighted by Gasteiger charge is -2.24. The average molecular weight is 451 g/mol. The van der Waals surface area contributed by atoms with Crippen LogP contribution in [0.4, 0.5) is 11.4 Å². The molecule has 1 aliphatic carbocycles. The zero-order valence-electron chi connectivity index (χ0n) is 20.5. The minimum Gasteiger partial charge on any atom is -0.493 e. The number of carbonyl (C=O) groups excluding carboxylic acids is 2. The second kappa shape index (κ2) is 11.4. The van der Waals surface area contributed by atoms with Crippen LogP contribution in [0, 0.1) is 25.2 Å². The smallest absolute Gasteiger partial charge is 0.230 e. The molecule has 0 aromatic heterocycles. The van der Waals surface area contributed by atoms with E-state index in [0.29, 0.717) is 18.7 Å². The van der Waals surface area contributed by atoms with Crippen LogP contribution in [0.3, 0.4) is 0 Å². The van der Waals surface area contributed by atoms with Gasteiger partial charge in [-0.15, -0.1) is 0 Å². The van der Waals surface area contributed by atoms with Crippen LogP contribution in [0.5, 0.6) is 5.75 Å². The summed E-state index contributed by atoms with van der Waals surface area (Å²) in [5, 5.41) is 6.04. The highest BCUT2D eigenvalue weighted by Crippen LogP contribution is 2.28. The maximum atomic E-state index is 12.9. The molecule has 2 N–H and O–H groups in total. The Balaban J connectivity index is 1.49. The van der Waals surface area contributed by atoms with Gasteiger partial charge in [-0.3, -0.25) is 9.59 Å². The summed E-state index contributed by atoms with van der Waals surface area (Å²) in [4.78, 5) is 25.5. The molecule has 0 spiro atoms.